The van der Waals surface area contributed by atoms with Crippen LogP contribution in [0.2, 0.25) is 0 Å². The van der Waals surface area contributed by atoms with Crippen molar-refractivity contribution in [1.82, 2.24) is 0 Å². The largest absolute Gasteiger partial charge is 0.215 e. The lowest BCUT2D eigenvalue weighted by atomic mass is 9.97. The Labute approximate surface area is 119 Å². The first-order valence-electron chi connectivity index (χ1n) is 6.57. The van der Waals surface area contributed by atoms with Crippen LogP contribution in [-0.4, -0.2) is 0 Å². The highest BCUT2D eigenvalue weighted by molar-refractivity contribution is 5.70. The van der Waals surface area contributed by atoms with Crippen LogP contribution in [-0.2, 0) is 7.05 Å². The number of aryl methyl sites for hydroxylation is 5. The summed E-state index contributed by atoms with van der Waals surface area (Å²) in [4.78, 5) is 2.91. The van der Waals surface area contributed by atoms with E-state index in [0.29, 0.717) is 5.69 Å². The first-order chi connectivity index (χ1) is 9.43. The molecule has 0 fully saturated rings. The zero-order valence-electron chi connectivity index (χ0n) is 12.6. The highest BCUT2D eigenvalue weighted by Gasteiger charge is 2.17. The van der Waals surface area contributed by atoms with Gasteiger partial charge in [-0.2, -0.15) is 0 Å². The highest BCUT2D eigenvalue weighted by atomic mass is 15.1. The Hall–Kier alpha value is -2.32. The Morgan fingerprint density at radius 1 is 1.00 bits per heavy atom. The van der Waals surface area contributed by atoms with Gasteiger partial charge in [-0.25, -0.2) is 4.57 Å². The summed E-state index contributed by atoms with van der Waals surface area (Å²) in [5.41, 5.74) is 16.2. The molecular formula is C16H19N4+. The molecule has 4 heteroatoms. The lowest BCUT2D eigenvalue weighted by Crippen LogP contribution is -2.32. The van der Waals surface area contributed by atoms with Crippen LogP contribution in [0, 0.1) is 27.7 Å². The van der Waals surface area contributed by atoms with Gasteiger partial charge in [-0.3, -0.25) is 0 Å². The Bertz CT molecular complexity index is 702. The van der Waals surface area contributed by atoms with Crippen LogP contribution in [0.1, 0.15) is 22.3 Å². The van der Waals surface area contributed by atoms with Crippen molar-refractivity contribution in [3.63, 3.8) is 0 Å². The summed E-state index contributed by atoms with van der Waals surface area (Å²) in [6.45, 7) is 8.24. The summed E-state index contributed by atoms with van der Waals surface area (Å²) in [6, 6.07) is 6.21. The van der Waals surface area contributed by atoms with Crippen molar-refractivity contribution in [3.8, 4) is 11.3 Å². The molecule has 0 atom stereocenters. The van der Waals surface area contributed by atoms with Gasteiger partial charge in [-0.15, -0.1) is 0 Å². The van der Waals surface area contributed by atoms with Crippen molar-refractivity contribution in [2.45, 2.75) is 27.7 Å². The second-order valence-electron chi connectivity index (χ2n) is 5.30. The van der Waals surface area contributed by atoms with Crippen LogP contribution in [0.5, 0.6) is 0 Å². The smallest absolute Gasteiger partial charge is 0.201 e. The molecule has 0 unspecified atom stereocenters. The second kappa shape index (κ2) is 5.35. The summed E-state index contributed by atoms with van der Waals surface area (Å²) in [7, 11) is 2.04. The van der Waals surface area contributed by atoms with Gasteiger partial charge in [0.25, 0.3) is 0 Å². The van der Waals surface area contributed by atoms with Gasteiger partial charge in [0.1, 0.15) is 7.05 Å². The molecule has 0 saturated carbocycles. The Kier molecular flexibility index (Phi) is 3.77. The fourth-order valence-electron chi connectivity index (χ4n) is 2.75. The third-order valence-electron chi connectivity index (χ3n) is 3.52. The quantitative estimate of drug-likeness (QED) is 0.336. The van der Waals surface area contributed by atoms with Crippen LogP contribution in [0.15, 0.2) is 29.5 Å². The first kappa shape index (κ1) is 14.1. The number of rotatable bonds is 2. The van der Waals surface area contributed by atoms with Crippen molar-refractivity contribution in [3.05, 3.63) is 57.1 Å². The fourth-order valence-corrected chi connectivity index (χ4v) is 2.75. The van der Waals surface area contributed by atoms with E-state index in [2.05, 4.69) is 53.7 Å². The number of azide groups is 1. The molecule has 1 aromatic heterocycles. The molecule has 0 N–H and O–H groups in total. The van der Waals surface area contributed by atoms with E-state index >= 15 is 0 Å². The Balaban J connectivity index is 2.76. The third-order valence-corrected chi connectivity index (χ3v) is 3.52. The maximum absolute atomic E-state index is 8.67. The highest BCUT2D eigenvalue weighted by Crippen LogP contribution is 2.31. The zero-order valence-corrected chi connectivity index (χ0v) is 12.6. The molecular weight excluding hydrogens is 248 g/mol. The number of aromatic nitrogens is 1. The van der Waals surface area contributed by atoms with Crippen LogP contribution in [0.4, 0.5) is 5.69 Å². The van der Waals surface area contributed by atoms with Crippen molar-refractivity contribution in [1.29, 1.82) is 0 Å². The van der Waals surface area contributed by atoms with E-state index in [0.717, 1.165) is 16.8 Å². The van der Waals surface area contributed by atoms with Crippen LogP contribution in [0.25, 0.3) is 21.7 Å². The van der Waals surface area contributed by atoms with Gasteiger partial charge < -0.3 is 0 Å². The number of benzene rings is 1. The lowest BCUT2D eigenvalue weighted by molar-refractivity contribution is -0.661. The first-order valence-corrected chi connectivity index (χ1v) is 6.57. The van der Waals surface area contributed by atoms with Crippen LogP contribution < -0.4 is 4.57 Å². The van der Waals surface area contributed by atoms with Gasteiger partial charge in [-0.05, 0) is 56.5 Å². The molecule has 0 radical (unpaired) electrons. The fraction of sp³-hybridized carbons (Fsp3) is 0.312. The Morgan fingerprint density at radius 3 is 2.30 bits per heavy atom. The molecule has 102 valence electrons. The minimum atomic E-state index is 0.688. The van der Waals surface area contributed by atoms with Crippen LogP contribution >= 0.6 is 0 Å². The molecule has 0 bridgehead atoms. The van der Waals surface area contributed by atoms with Gasteiger partial charge in [-0.1, -0.05) is 11.2 Å². The topological polar surface area (TPSA) is 52.6 Å². The summed E-state index contributed by atoms with van der Waals surface area (Å²) in [6.07, 6.45) is 2.11. The number of hydrogen-bond acceptors (Lipinski definition) is 1. The standard InChI is InChI=1S/C16H19N4/c1-10-6-13(4)16(20(5)9-10)14-8-15(18-19-17)12(3)7-11(14)2/h6-9H,1-5H3/q+1. The molecule has 0 saturated heterocycles. The van der Waals surface area contributed by atoms with E-state index in [9.17, 15) is 0 Å². The van der Waals surface area contributed by atoms with E-state index in [4.69, 9.17) is 5.53 Å². The third kappa shape index (κ3) is 2.51. The summed E-state index contributed by atoms with van der Waals surface area (Å²) in [5.74, 6) is 0. The van der Waals surface area contributed by atoms with Crippen molar-refractivity contribution in [2.75, 3.05) is 0 Å². The van der Waals surface area contributed by atoms with E-state index in [1.165, 1.54) is 16.7 Å². The average Bonchev–Trinajstić information content (AvgIpc) is 2.33. The molecule has 0 spiro atoms. The molecule has 4 nitrogen and oxygen atoms in total. The molecule has 1 aromatic carbocycles. The predicted octanol–water partition coefficient (Wildman–Crippen LogP) is 4.35. The van der Waals surface area contributed by atoms with Crippen molar-refractivity contribution < 1.29 is 4.57 Å². The SMILES string of the molecule is Cc1cc(C)c(-c2cc(N=[N+]=[N-])c(C)cc2C)[n+](C)c1. The molecule has 0 aliphatic heterocycles. The van der Waals surface area contributed by atoms with Gasteiger partial charge in [0.15, 0.2) is 6.20 Å². The van der Waals surface area contributed by atoms with E-state index in [1.807, 2.05) is 20.0 Å². The molecule has 2 aromatic rings. The maximum Gasteiger partial charge on any atom is 0.215 e. The van der Waals surface area contributed by atoms with Gasteiger partial charge in [0, 0.05) is 27.3 Å². The maximum atomic E-state index is 8.67. The van der Waals surface area contributed by atoms with Gasteiger partial charge in [0.05, 0.1) is 0 Å². The number of nitrogens with zero attached hydrogens (tertiary/aromatic N) is 4. The lowest BCUT2D eigenvalue weighted by Gasteiger charge is -2.10. The van der Waals surface area contributed by atoms with Gasteiger partial charge >= 0.3 is 0 Å². The van der Waals surface area contributed by atoms with E-state index in [1.54, 1.807) is 0 Å². The Morgan fingerprint density at radius 2 is 1.70 bits per heavy atom. The average molecular weight is 267 g/mol. The van der Waals surface area contributed by atoms with Crippen molar-refractivity contribution in [2.24, 2.45) is 12.2 Å². The molecule has 0 amide bonds. The van der Waals surface area contributed by atoms with Gasteiger partial charge in [0.2, 0.25) is 5.69 Å². The molecule has 20 heavy (non-hydrogen) atoms. The predicted molar refractivity (Wildman–Crippen MR) is 80.8 cm³/mol. The van der Waals surface area contributed by atoms with E-state index in [-0.39, 0.29) is 0 Å². The minimum Gasteiger partial charge on any atom is -0.201 e. The summed E-state index contributed by atoms with van der Waals surface area (Å²) in [5, 5.41) is 3.78. The number of pyridine rings is 1. The summed E-state index contributed by atoms with van der Waals surface area (Å²) >= 11 is 0. The molecule has 0 aliphatic rings. The monoisotopic (exact) mass is 267 g/mol. The molecule has 1 heterocycles. The minimum absolute atomic E-state index is 0.688. The van der Waals surface area contributed by atoms with E-state index < -0.39 is 0 Å². The van der Waals surface area contributed by atoms with Crippen LogP contribution in [0.3, 0.4) is 0 Å². The molecule has 2 rings (SSSR count). The normalized spacial score (nSPS) is 10.2. The molecule has 0 aliphatic carbocycles. The summed E-state index contributed by atoms with van der Waals surface area (Å²) < 4.78 is 2.13. The second-order valence-corrected chi connectivity index (χ2v) is 5.30. The zero-order chi connectivity index (χ0) is 14.9. The number of hydrogen-bond donors (Lipinski definition) is 0. The van der Waals surface area contributed by atoms with Crippen molar-refractivity contribution >= 4 is 5.69 Å².